The van der Waals surface area contributed by atoms with Crippen LogP contribution in [0, 0.1) is 5.92 Å². The summed E-state index contributed by atoms with van der Waals surface area (Å²) < 4.78 is 0. The fourth-order valence-corrected chi connectivity index (χ4v) is 2.47. The molecule has 3 nitrogen and oxygen atoms in total. The molecule has 2 rings (SSSR count). The van der Waals surface area contributed by atoms with E-state index < -0.39 is 0 Å². The summed E-state index contributed by atoms with van der Waals surface area (Å²) in [4.78, 5) is 7.08. The van der Waals surface area contributed by atoms with Crippen LogP contribution < -0.4 is 10.6 Å². The van der Waals surface area contributed by atoms with Gasteiger partial charge >= 0.3 is 0 Å². The van der Waals surface area contributed by atoms with Crippen LogP contribution in [0.2, 0.25) is 0 Å². The number of rotatable bonds is 2. The number of thiocarbonyl (C=S) groups is 1. The minimum atomic E-state index is 0.358. The van der Waals surface area contributed by atoms with Gasteiger partial charge in [-0.3, -0.25) is 4.98 Å². The van der Waals surface area contributed by atoms with E-state index in [2.05, 4.69) is 29.8 Å². The summed E-state index contributed by atoms with van der Waals surface area (Å²) >= 11 is 4.91. The molecule has 2 N–H and O–H groups in total. The molecular weight excluding hydrogens is 230 g/mol. The standard InChI is InChI=1S/C13H19N3S/c1-9-3-4-10(2)16(8-9)11-5-6-12(13(14)17)15-7-11/h5-7,9-10H,3-4,8H2,1-2H3,(H2,14,17). The quantitative estimate of drug-likeness (QED) is 0.817. The Morgan fingerprint density at radius 1 is 1.41 bits per heavy atom. The first-order valence-electron chi connectivity index (χ1n) is 6.10. The molecule has 1 aromatic heterocycles. The van der Waals surface area contributed by atoms with Gasteiger partial charge in [-0.15, -0.1) is 0 Å². The van der Waals surface area contributed by atoms with Gasteiger partial charge in [-0.05, 0) is 37.8 Å². The fraction of sp³-hybridized carbons (Fsp3) is 0.538. The number of hydrogen-bond acceptors (Lipinski definition) is 3. The second-order valence-electron chi connectivity index (χ2n) is 4.95. The van der Waals surface area contributed by atoms with E-state index in [1.54, 1.807) is 0 Å². The monoisotopic (exact) mass is 249 g/mol. The maximum absolute atomic E-state index is 5.55. The molecule has 0 aromatic carbocycles. The average Bonchev–Trinajstić information content (AvgIpc) is 2.32. The normalized spacial score (nSPS) is 24.7. The van der Waals surface area contributed by atoms with Crippen LogP contribution in [0.1, 0.15) is 32.4 Å². The van der Waals surface area contributed by atoms with Gasteiger partial charge in [0.2, 0.25) is 0 Å². The van der Waals surface area contributed by atoms with E-state index in [-0.39, 0.29) is 0 Å². The number of pyridine rings is 1. The minimum absolute atomic E-state index is 0.358. The van der Waals surface area contributed by atoms with Crippen molar-refractivity contribution in [2.24, 2.45) is 11.7 Å². The molecule has 0 saturated carbocycles. The first-order chi connectivity index (χ1) is 8.08. The molecule has 0 spiro atoms. The van der Waals surface area contributed by atoms with Gasteiger partial charge in [0.15, 0.2) is 0 Å². The van der Waals surface area contributed by atoms with Gasteiger partial charge in [0.25, 0.3) is 0 Å². The number of piperidine rings is 1. The van der Waals surface area contributed by atoms with Crippen LogP contribution in [0.3, 0.4) is 0 Å². The molecule has 1 aliphatic rings. The molecule has 1 fully saturated rings. The molecule has 0 bridgehead atoms. The summed E-state index contributed by atoms with van der Waals surface area (Å²) in [6.07, 6.45) is 4.44. The van der Waals surface area contributed by atoms with E-state index >= 15 is 0 Å². The molecule has 2 unspecified atom stereocenters. The highest BCUT2D eigenvalue weighted by atomic mass is 32.1. The number of hydrogen-bond donors (Lipinski definition) is 1. The van der Waals surface area contributed by atoms with Crippen molar-refractivity contribution < 1.29 is 0 Å². The van der Waals surface area contributed by atoms with E-state index in [1.807, 2.05) is 12.3 Å². The van der Waals surface area contributed by atoms with Crippen LogP contribution in [0.15, 0.2) is 18.3 Å². The van der Waals surface area contributed by atoms with E-state index in [0.717, 1.165) is 12.5 Å². The molecule has 2 atom stereocenters. The van der Waals surface area contributed by atoms with Gasteiger partial charge in [-0.2, -0.15) is 0 Å². The molecule has 92 valence electrons. The molecule has 4 heteroatoms. The van der Waals surface area contributed by atoms with Gasteiger partial charge < -0.3 is 10.6 Å². The molecule has 1 saturated heterocycles. The van der Waals surface area contributed by atoms with Crippen LogP contribution in [-0.2, 0) is 0 Å². The highest BCUT2D eigenvalue weighted by Gasteiger charge is 2.23. The zero-order chi connectivity index (χ0) is 12.4. The molecule has 1 aliphatic heterocycles. The van der Waals surface area contributed by atoms with E-state index in [4.69, 9.17) is 18.0 Å². The highest BCUT2D eigenvalue weighted by molar-refractivity contribution is 7.80. The Hall–Kier alpha value is -1.16. The van der Waals surface area contributed by atoms with Crippen molar-refractivity contribution in [3.63, 3.8) is 0 Å². The molecular formula is C13H19N3S. The number of nitrogens with two attached hydrogens (primary N) is 1. The van der Waals surface area contributed by atoms with E-state index in [1.165, 1.54) is 18.5 Å². The van der Waals surface area contributed by atoms with Crippen molar-refractivity contribution in [3.05, 3.63) is 24.0 Å². The summed E-state index contributed by atoms with van der Waals surface area (Å²) in [5.41, 5.74) is 7.41. The van der Waals surface area contributed by atoms with Crippen molar-refractivity contribution in [2.45, 2.75) is 32.7 Å². The molecule has 0 radical (unpaired) electrons. The van der Waals surface area contributed by atoms with E-state index in [0.29, 0.717) is 16.7 Å². The molecule has 0 amide bonds. The summed E-state index contributed by atoms with van der Waals surface area (Å²) in [7, 11) is 0. The largest absolute Gasteiger partial charge is 0.388 e. The second kappa shape index (κ2) is 5.00. The molecule has 1 aromatic rings. The van der Waals surface area contributed by atoms with Crippen LogP contribution >= 0.6 is 12.2 Å². The lowest BCUT2D eigenvalue weighted by molar-refractivity contribution is 0.390. The first-order valence-corrected chi connectivity index (χ1v) is 6.51. The van der Waals surface area contributed by atoms with Crippen molar-refractivity contribution in [2.75, 3.05) is 11.4 Å². The number of aromatic nitrogens is 1. The van der Waals surface area contributed by atoms with Crippen molar-refractivity contribution >= 4 is 22.9 Å². The Balaban J connectivity index is 2.18. The predicted molar refractivity (Wildman–Crippen MR) is 75.3 cm³/mol. The molecule has 17 heavy (non-hydrogen) atoms. The zero-order valence-electron chi connectivity index (χ0n) is 10.4. The lowest BCUT2D eigenvalue weighted by Crippen LogP contribution is -2.41. The summed E-state index contributed by atoms with van der Waals surface area (Å²) in [6.45, 7) is 5.68. The third-order valence-corrected chi connectivity index (χ3v) is 3.66. The van der Waals surface area contributed by atoms with Crippen LogP contribution in [-0.4, -0.2) is 22.6 Å². The maximum atomic E-state index is 5.55. The second-order valence-corrected chi connectivity index (χ2v) is 5.39. The van der Waals surface area contributed by atoms with Crippen molar-refractivity contribution in [1.29, 1.82) is 0 Å². The Kier molecular flexibility index (Phi) is 3.62. The van der Waals surface area contributed by atoms with Gasteiger partial charge in [0, 0.05) is 12.6 Å². The highest BCUT2D eigenvalue weighted by Crippen LogP contribution is 2.26. The lowest BCUT2D eigenvalue weighted by atomic mass is 9.95. The van der Waals surface area contributed by atoms with Gasteiger partial charge in [-0.1, -0.05) is 19.1 Å². The minimum Gasteiger partial charge on any atom is -0.388 e. The van der Waals surface area contributed by atoms with Crippen LogP contribution in [0.4, 0.5) is 5.69 Å². The number of anilines is 1. The predicted octanol–water partition coefficient (Wildman–Crippen LogP) is 2.34. The summed E-state index contributed by atoms with van der Waals surface area (Å²) in [6, 6.07) is 4.56. The topological polar surface area (TPSA) is 42.1 Å². The smallest absolute Gasteiger partial charge is 0.122 e. The fourth-order valence-electron chi connectivity index (χ4n) is 2.35. The van der Waals surface area contributed by atoms with Gasteiger partial charge in [-0.25, -0.2) is 0 Å². The Bertz CT molecular complexity index is 402. The lowest BCUT2D eigenvalue weighted by Gasteiger charge is -2.38. The Morgan fingerprint density at radius 2 is 2.18 bits per heavy atom. The Labute approximate surface area is 108 Å². The van der Waals surface area contributed by atoms with Gasteiger partial charge in [0.05, 0.1) is 17.6 Å². The van der Waals surface area contributed by atoms with Crippen LogP contribution in [0.25, 0.3) is 0 Å². The van der Waals surface area contributed by atoms with Crippen molar-refractivity contribution in [1.82, 2.24) is 4.98 Å². The van der Waals surface area contributed by atoms with Crippen molar-refractivity contribution in [3.8, 4) is 0 Å². The third-order valence-electron chi connectivity index (χ3n) is 3.45. The number of nitrogens with zero attached hydrogens (tertiary/aromatic N) is 2. The van der Waals surface area contributed by atoms with E-state index in [9.17, 15) is 0 Å². The first kappa shape index (κ1) is 12.3. The SMILES string of the molecule is CC1CCC(C)N(c2ccc(C(N)=S)nc2)C1. The van der Waals surface area contributed by atoms with Gasteiger partial charge in [0.1, 0.15) is 4.99 Å². The average molecular weight is 249 g/mol. The Morgan fingerprint density at radius 3 is 2.76 bits per heavy atom. The third kappa shape index (κ3) is 2.75. The maximum Gasteiger partial charge on any atom is 0.122 e. The molecule has 2 heterocycles. The molecule has 0 aliphatic carbocycles. The zero-order valence-corrected chi connectivity index (χ0v) is 11.2. The summed E-state index contributed by atoms with van der Waals surface area (Å²) in [5, 5.41) is 0. The summed E-state index contributed by atoms with van der Waals surface area (Å²) in [5.74, 6) is 0.751. The van der Waals surface area contributed by atoms with Crippen LogP contribution in [0.5, 0.6) is 0 Å².